The van der Waals surface area contributed by atoms with Gasteiger partial charge < -0.3 is 5.73 Å². The summed E-state index contributed by atoms with van der Waals surface area (Å²) in [6, 6.07) is 8.92. The Hall–Kier alpha value is -0.860. The van der Waals surface area contributed by atoms with Crippen LogP contribution in [-0.2, 0) is 13.0 Å². The third-order valence-corrected chi connectivity index (χ3v) is 5.83. The average Bonchev–Trinajstić information content (AvgIpc) is 2.49. The molecule has 1 aromatic carbocycles. The van der Waals surface area contributed by atoms with Gasteiger partial charge in [0.15, 0.2) is 0 Å². The molecule has 110 valence electrons. The second-order valence-electron chi connectivity index (χ2n) is 7.04. The Labute approximate surface area is 123 Å². The zero-order valence-electron chi connectivity index (χ0n) is 12.9. The lowest BCUT2D eigenvalue weighted by molar-refractivity contribution is -0.0132. The molecule has 3 rings (SSSR count). The van der Waals surface area contributed by atoms with Crippen LogP contribution in [-0.4, -0.2) is 23.5 Å². The SMILES string of the molecule is CC1CCC(C)C(CN)(N2CCc3ccccc3C2)C1. The molecule has 3 unspecified atom stereocenters. The monoisotopic (exact) mass is 272 g/mol. The van der Waals surface area contributed by atoms with Gasteiger partial charge in [-0.3, -0.25) is 4.90 Å². The quantitative estimate of drug-likeness (QED) is 0.896. The van der Waals surface area contributed by atoms with Gasteiger partial charge in [-0.15, -0.1) is 0 Å². The molecule has 2 aliphatic rings. The summed E-state index contributed by atoms with van der Waals surface area (Å²) in [5, 5.41) is 0. The van der Waals surface area contributed by atoms with Gasteiger partial charge in [0, 0.05) is 25.2 Å². The van der Waals surface area contributed by atoms with Crippen LogP contribution in [0.15, 0.2) is 24.3 Å². The summed E-state index contributed by atoms with van der Waals surface area (Å²) in [7, 11) is 0. The van der Waals surface area contributed by atoms with Gasteiger partial charge in [0.05, 0.1) is 0 Å². The average molecular weight is 272 g/mol. The van der Waals surface area contributed by atoms with Gasteiger partial charge in [-0.05, 0) is 42.2 Å². The molecule has 1 aliphatic heterocycles. The molecule has 0 radical (unpaired) electrons. The number of nitrogens with zero attached hydrogens (tertiary/aromatic N) is 1. The second kappa shape index (κ2) is 5.50. The van der Waals surface area contributed by atoms with E-state index in [2.05, 4.69) is 43.0 Å². The summed E-state index contributed by atoms with van der Waals surface area (Å²) in [4.78, 5) is 2.70. The minimum atomic E-state index is 0.227. The van der Waals surface area contributed by atoms with E-state index in [-0.39, 0.29) is 5.54 Å². The summed E-state index contributed by atoms with van der Waals surface area (Å²) in [6.07, 6.45) is 5.15. The molecule has 0 spiro atoms. The lowest BCUT2D eigenvalue weighted by atomic mass is 9.68. The van der Waals surface area contributed by atoms with Crippen molar-refractivity contribution in [2.45, 2.75) is 51.6 Å². The Bertz CT molecular complexity index is 470. The summed E-state index contributed by atoms with van der Waals surface area (Å²) >= 11 is 0. The Kier molecular flexibility index (Phi) is 3.87. The van der Waals surface area contributed by atoms with Crippen LogP contribution in [0.5, 0.6) is 0 Å². The molecule has 1 fully saturated rings. The van der Waals surface area contributed by atoms with Crippen LogP contribution < -0.4 is 5.73 Å². The Morgan fingerprint density at radius 3 is 2.70 bits per heavy atom. The highest BCUT2D eigenvalue weighted by molar-refractivity contribution is 5.29. The third kappa shape index (κ3) is 2.29. The molecule has 20 heavy (non-hydrogen) atoms. The molecular weight excluding hydrogens is 244 g/mol. The molecule has 0 amide bonds. The second-order valence-corrected chi connectivity index (χ2v) is 7.04. The summed E-state index contributed by atoms with van der Waals surface area (Å²) < 4.78 is 0. The zero-order chi connectivity index (χ0) is 14.2. The van der Waals surface area contributed by atoms with Crippen molar-refractivity contribution in [1.82, 2.24) is 4.90 Å². The number of nitrogens with two attached hydrogens (primary N) is 1. The molecule has 1 aliphatic carbocycles. The summed E-state index contributed by atoms with van der Waals surface area (Å²) in [5.41, 5.74) is 9.57. The molecule has 1 aromatic rings. The maximum absolute atomic E-state index is 6.30. The van der Waals surface area contributed by atoms with Crippen molar-refractivity contribution < 1.29 is 0 Å². The highest BCUT2D eigenvalue weighted by Gasteiger charge is 2.44. The summed E-state index contributed by atoms with van der Waals surface area (Å²) in [5.74, 6) is 1.53. The van der Waals surface area contributed by atoms with E-state index in [1.807, 2.05) is 0 Å². The van der Waals surface area contributed by atoms with Crippen molar-refractivity contribution in [3.8, 4) is 0 Å². The van der Waals surface area contributed by atoms with E-state index in [1.54, 1.807) is 0 Å². The van der Waals surface area contributed by atoms with Gasteiger partial charge in [0.2, 0.25) is 0 Å². The fraction of sp³-hybridized carbons (Fsp3) is 0.667. The number of benzene rings is 1. The van der Waals surface area contributed by atoms with E-state index >= 15 is 0 Å². The Morgan fingerprint density at radius 1 is 1.20 bits per heavy atom. The molecule has 2 nitrogen and oxygen atoms in total. The van der Waals surface area contributed by atoms with Crippen LogP contribution in [0.1, 0.15) is 44.2 Å². The normalized spacial score (nSPS) is 34.8. The minimum absolute atomic E-state index is 0.227. The number of hydrogen-bond donors (Lipinski definition) is 1. The zero-order valence-corrected chi connectivity index (χ0v) is 12.9. The standard InChI is InChI=1S/C18H28N2/c1-14-7-8-15(2)18(11-14,13-19)20-10-9-16-5-3-4-6-17(16)12-20/h3-6,14-15H,7-13,19H2,1-2H3. The lowest BCUT2D eigenvalue weighted by Crippen LogP contribution is -2.61. The first-order chi connectivity index (χ1) is 9.65. The van der Waals surface area contributed by atoms with Crippen molar-refractivity contribution in [3.63, 3.8) is 0 Å². The maximum atomic E-state index is 6.30. The predicted molar refractivity (Wildman–Crippen MR) is 84.5 cm³/mol. The third-order valence-electron chi connectivity index (χ3n) is 5.83. The molecule has 0 saturated heterocycles. The highest BCUT2D eigenvalue weighted by atomic mass is 15.2. The molecule has 2 N–H and O–H groups in total. The molecule has 0 bridgehead atoms. The van der Waals surface area contributed by atoms with Crippen molar-refractivity contribution in [2.75, 3.05) is 13.1 Å². The van der Waals surface area contributed by atoms with E-state index in [1.165, 1.54) is 43.4 Å². The van der Waals surface area contributed by atoms with Crippen LogP contribution >= 0.6 is 0 Å². The van der Waals surface area contributed by atoms with Crippen LogP contribution in [0, 0.1) is 11.8 Å². The first kappa shape index (κ1) is 14.1. The van der Waals surface area contributed by atoms with Gasteiger partial charge in [-0.25, -0.2) is 0 Å². The van der Waals surface area contributed by atoms with E-state index in [4.69, 9.17) is 5.73 Å². The maximum Gasteiger partial charge on any atom is 0.0363 e. The van der Waals surface area contributed by atoms with Crippen LogP contribution in [0.2, 0.25) is 0 Å². The molecule has 3 atom stereocenters. The van der Waals surface area contributed by atoms with Crippen molar-refractivity contribution in [2.24, 2.45) is 17.6 Å². The van der Waals surface area contributed by atoms with Crippen LogP contribution in [0.4, 0.5) is 0 Å². The predicted octanol–water partition coefficient (Wildman–Crippen LogP) is 3.20. The fourth-order valence-electron chi connectivity index (χ4n) is 4.44. The van der Waals surface area contributed by atoms with Gasteiger partial charge >= 0.3 is 0 Å². The topological polar surface area (TPSA) is 29.3 Å². The van der Waals surface area contributed by atoms with E-state index in [0.29, 0.717) is 5.92 Å². The van der Waals surface area contributed by atoms with Crippen LogP contribution in [0.3, 0.4) is 0 Å². The Morgan fingerprint density at radius 2 is 1.95 bits per heavy atom. The lowest BCUT2D eigenvalue weighted by Gasteiger charge is -2.53. The first-order valence-electron chi connectivity index (χ1n) is 8.17. The van der Waals surface area contributed by atoms with Crippen molar-refractivity contribution >= 4 is 0 Å². The Balaban J connectivity index is 1.87. The highest BCUT2D eigenvalue weighted by Crippen LogP contribution is 2.42. The van der Waals surface area contributed by atoms with E-state index in [0.717, 1.165) is 19.0 Å². The molecule has 0 aromatic heterocycles. The van der Waals surface area contributed by atoms with Gasteiger partial charge in [-0.1, -0.05) is 44.5 Å². The summed E-state index contributed by atoms with van der Waals surface area (Å²) in [6.45, 7) is 7.88. The molecule has 2 heteroatoms. The number of hydrogen-bond acceptors (Lipinski definition) is 2. The number of rotatable bonds is 2. The number of fused-ring (bicyclic) bond motifs is 1. The molecule has 1 saturated carbocycles. The molecule has 1 heterocycles. The van der Waals surface area contributed by atoms with Crippen LogP contribution in [0.25, 0.3) is 0 Å². The smallest absolute Gasteiger partial charge is 0.0363 e. The van der Waals surface area contributed by atoms with Gasteiger partial charge in [0.25, 0.3) is 0 Å². The van der Waals surface area contributed by atoms with Crippen molar-refractivity contribution in [3.05, 3.63) is 35.4 Å². The van der Waals surface area contributed by atoms with Crippen molar-refractivity contribution in [1.29, 1.82) is 0 Å². The van der Waals surface area contributed by atoms with Gasteiger partial charge in [0.1, 0.15) is 0 Å². The fourth-order valence-corrected chi connectivity index (χ4v) is 4.44. The molecular formula is C18H28N2. The van der Waals surface area contributed by atoms with Gasteiger partial charge in [-0.2, -0.15) is 0 Å². The largest absolute Gasteiger partial charge is 0.329 e. The van der Waals surface area contributed by atoms with E-state index in [9.17, 15) is 0 Å². The van der Waals surface area contributed by atoms with E-state index < -0.39 is 0 Å². The minimum Gasteiger partial charge on any atom is -0.329 e. The first-order valence-corrected chi connectivity index (χ1v) is 8.17.